The van der Waals surface area contributed by atoms with Crippen molar-refractivity contribution in [2.45, 2.75) is 32.8 Å². The minimum Gasteiger partial charge on any atom is -0.372 e. The van der Waals surface area contributed by atoms with Crippen LogP contribution >= 0.6 is 11.6 Å². The van der Waals surface area contributed by atoms with Gasteiger partial charge in [0.2, 0.25) is 0 Å². The van der Waals surface area contributed by atoms with E-state index in [-0.39, 0.29) is 6.10 Å². The second kappa shape index (κ2) is 7.70. The molecule has 17 heavy (non-hydrogen) atoms. The Kier molecular flexibility index (Phi) is 6.56. The summed E-state index contributed by atoms with van der Waals surface area (Å²) in [6, 6.07) is 7.71. The lowest BCUT2D eigenvalue weighted by Crippen LogP contribution is -2.16. The molecular weight excluding hydrogens is 234 g/mol. The molecule has 1 aromatic carbocycles. The van der Waals surface area contributed by atoms with Gasteiger partial charge in [0.15, 0.2) is 0 Å². The van der Waals surface area contributed by atoms with Crippen LogP contribution in [0.4, 0.5) is 0 Å². The third kappa shape index (κ3) is 5.53. The molecule has 0 aliphatic carbocycles. The molecule has 0 aliphatic rings. The van der Waals surface area contributed by atoms with Crippen LogP contribution < -0.4 is 5.73 Å². The Bertz CT molecular complexity index is 328. The van der Waals surface area contributed by atoms with Crippen LogP contribution in [0.15, 0.2) is 24.3 Å². The van der Waals surface area contributed by atoms with Gasteiger partial charge in [0.25, 0.3) is 0 Å². The summed E-state index contributed by atoms with van der Waals surface area (Å²) in [7, 11) is 0. The largest absolute Gasteiger partial charge is 0.372 e. The molecule has 0 bridgehead atoms. The summed E-state index contributed by atoms with van der Waals surface area (Å²) in [6.45, 7) is 5.68. The number of benzene rings is 1. The van der Waals surface area contributed by atoms with Crippen LogP contribution in [0.3, 0.4) is 0 Å². The van der Waals surface area contributed by atoms with Crippen molar-refractivity contribution in [1.29, 1.82) is 0 Å². The Morgan fingerprint density at radius 2 is 2.12 bits per heavy atom. The molecule has 0 heterocycles. The molecule has 0 aliphatic heterocycles. The summed E-state index contributed by atoms with van der Waals surface area (Å²) in [6.07, 6.45) is 2.22. The number of rotatable bonds is 7. The zero-order valence-electron chi connectivity index (χ0n) is 10.7. The van der Waals surface area contributed by atoms with E-state index in [0.717, 1.165) is 29.5 Å². The standard InChI is InChI=1S/C14H22ClNO/c1-11(2)5-4-8-17-14(10-16)12-6-3-7-13(15)9-12/h3,6-7,9,11,14H,4-5,8,10,16H2,1-2H3. The Balaban J connectivity index is 2.43. The fourth-order valence-corrected chi connectivity index (χ4v) is 1.92. The van der Waals surface area contributed by atoms with E-state index in [2.05, 4.69) is 13.8 Å². The molecule has 0 saturated heterocycles. The first-order valence-electron chi connectivity index (χ1n) is 6.20. The number of ether oxygens (including phenoxy) is 1. The van der Waals surface area contributed by atoms with Gasteiger partial charge in [0.1, 0.15) is 0 Å². The first kappa shape index (κ1) is 14.5. The van der Waals surface area contributed by atoms with Gasteiger partial charge in [-0.2, -0.15) is 0 Å². The van der Waals surface area contributed by atoms with Crippen LogP contribution in [-0.2, 0) is 4.74 Å². The summed E-state index contributed by atoms with van der Waals surface area (Å²) >= 11 is 5.95. The summed E-state index contributed by atoms with van der Waals surface area (Å²) in [4.78, 5) is 0. The Hall–Kier alpha value is -0.570. The van der Waals surface area contributed by atoms with Crippen LogP contribution in [-0.4, -0.2) is 13.2 Å². The molecule has 0 spiro atoms. The molecule has 0 radical (unpaired) electrons. The van der Waals surface area contributed by atoms with Gasteiger partial charge in [-0.25, -0.2) is 0 Å². The number of hydrogen-bond donors (Lipinski definition) is 1. The minimum atomic E-state index is -0.0409. The normalized spacial score (nSPS) is 13.0. The lowest BCUT2D eigenvalue weighted by molar-refractivity contribution is 0.0546. The lowest BCUT2D eigenvalue weighted by atomic mass is 10.1. The van der Waals surface area contributed by atoms with Crippen molar-refractivity contribution >= 4 is 11.6 Å². The van der Waals surface area contributed by atoms with Crippen molar-refractivity contribution in [3.8, 4) is 0 Å². The molecule has 0 amide bonds. The van der Waals surface area contributed by atoms with Crippen LogP contribution in [0.25, 0.3) is 0 Å². The average molecular weight is 256 g/mol. The molecule has 3 heteroatoms. The lowest BCUT2D eigenvalue weighted by Gasteiger charge is -2.17. The molecule has 2 nitrogen and oxygen atoms in total. The molecule has 1 unspecified atom stereocenters. The van der Waals surface area contributed by atoms with E-state index >= 15 is 0 Å². The maximum Gasteiger partial charge on any atom is 0.0947 e. The fraction of sp³-hybridized carbons (Fsp3) is 0.571. The van der Waals surface area contributed by atoms with E-state index in [1.807, 2.05) is 24.3 Å². The van der Waals surface area contributed by atoms with Crippen molar-refractivity contribution in [3.63, 3.8) is 0 Å². The molecular formula is C14H22ClNO. The maximum atomic E-state index is 5.95. The highest BCUT2D eigenvalue weighted by Crippen LogP contribution is 2.20. The highest BCUT2D eigenvalue weighted by atomic mass is 35.5. The molecule has 96 valence electrons. The van der Waals surface area contributed by atoms with E-state index in [4.69, 9.17) is 22.1 Å². The van der Waals surface area contributed by atoms with Crippen LogP contribution in [0, 0.1) is 5.92 Å². The Morgan fingerprint density at radius 3 is 2.71 bits per heavy atom. The first-order chi connectivity index (χ1) is 8.13. The van der Waals surface area contributed by atoms with E-state index in [1.54, 1.807) is 0 Å². The van der Waals surface area contributed by atoms with Gasteiger partial charge in [-0.3, -0.25) is 0 Å². The third-order valence-electron chi connectivity index (χ3n) is 2.68. The van der Waals surface area contributed by atoms with Gasteiger partial charge in [-0.05, 0) is 36.5 Å². The van der Waals surface area contributed by atoms with Crippen LogP contribution in [0.5, 0.6) is 0 Å². The minimum absolute atomic E-state index is 0.0409. The molecule has 2 N–H and O–H groups in total. The van der Waals surface area contributed by atoms with Crippen molar-refractivity contribution in [3.05, 3.63) is 34.9 Å². The number of halogens is 1. The smallest absolute Gasteiger partial charge is 0.0947 e. The average Bonchev–Trinajstić information content (AvgIpc) is 2.29. The second-order valence-electron chi connectivity index (χ2n) is 4.69. The Morgan fingerprint density at radius 1 is 1.35 bits per heavy atom. The highest BCUT2D eigenvalue weighted by molar-refractivity contribution is 6.30. The summed E-state index contributed by atoms with van der Waals surface area (Å²) < 4.78 is 5.80. The number of nitrogens with two attached hydrogens (primary N) is 1. The zero-order valence-corrected chi connectivity index (χ0v) is 11.4. The summed E-state index contributed by atoms with van der Waals surface area (Å²) in [5.41, 5.74) is 6.79. The second-order valence-corrected chi connectivity index (χ2v) is 5.12. The molecule has 1 aromatic rings. The van der Waals surface area contributed by atoms with E-state index in [9.17, 15) is 0 Å². The summed E-state index contributed by atoms with van der Waals surface area (Å²) in [5, 5.41) is 0.728. The zero-order chi connectivity index (χ0) is 12.7. The van der Waals surface area contributed by atoms with Gasteiger partial charge >= 0.3 is 0 Å². The maximum absolute atomic E-state index is 5.95. The topological polar surface area (TPSA) is 35.2 Å². The van der Waals surface area contributed by atoms with Gasteiger partial charge in [-0.15, -0.1) is 0 Å². The van der Waals surface area contributed by atoms with E-state index in [1.165, 1.54) is 6.42 Å². The molecule has 0 saturated carbocycles. The predicted octanol–water partition coefficient (Wildman–Crippen LogP) is 3.79. The van der Waals surface area contributed by atoms with Crippen molar-refractivity contribution in [2.24, 2.45) is 11.7 Å². The van der Waals surface area contributed by atoms with Crippen LogP contribution in [0.1, 0.15) is 38.4 Å². The number of hydrogen-bond acceptors (Lipinski definition) is 2. The first-order valence-corrected chi connectivity index (χ1v) is 6.58. The molecule has 1 rings (SSSR count). The molecule has 1 atom stereocenters. The van der Waals surface area contributed by atoms with Gasteiger partial charge in [-0.1, -0.05) is 37.6 Å². The molecule has 0 fully saturated rings. The van der Waals surface area contributed by atoms with Gasteiger partial charge < -0.3 is 10.5 Å². The quantitative estimate of drug-likeness (QED) is 0.753. The van der Waals surface area contributed by atoms with Crippen molar-refractivity contribution in [1.82, 2.24) is 0 Å². The van der Waals surface area contributed by atoms with Gasteiger partial charge in [0.05, 0.1) is 6.10 Å². The fourth-order valence-electron chi connectivity index (χ4n) is 1.72. The summed E-state index contributed by atoms with van der Waals surface area (Å²) in [5.74, 6) is 0.723. The highest BCUT2D eigenvalue weighted by Gasteiger charge is 2.10. The van der Waals surface area contributed by atoms with E-state index in [0.29, 0.717) is 6.54 Å². The Labute approximate surface area is 109 Å². The van der Waals surface area contributed by atoms with Gasteiger partial charge in [0, 0.05) is 18.2 Å². The SMILES string of the molecule is CC(C)CCCOC(CN)c1cccc(Cl)c1. The molecule has 0 aromatic heterocycles. The van der Waals surface area contributed by atoms with E-state index < -0.39 is 0 Å². The monoisotopic (exact) mass is 255 g/mol. The van der Waals surface area contributed by atoms with Crippen molar-refractivity contribution < 1.29 is 4.74 Å². The predicted molar refractivity (Wildman–Crippen MR) is 73.3 cm³/mol. The van der Waals surface area contributed by atoms with Crippen molar-refractivity contribution in [2.75, 3.05) is 13.2 Å². The van der Waals surface area contributed by atoms with Crippen LogP contribution in [0.2, 0.25) is 5.02 Å². The third-order valence-corrected chi connectivity index (χ3v) is 2.91.